The van der Waals surface area contributed by atoms with E-state index in [1.54, 1.807) is 6.20 Å². The number of nitrogens with one attached hydrogen (secondary N) is 1. The van der Waals surface area contributed by atoms with Gasteiger partial charge in [0, 0.05) is 50.0 Å². The van der Waals surface area contributed by atoms with Gasteiger partial charge in [-0.15, -0.1) is 0 Å². The Morgan fingerprint density at radius 2 is 2.10 bits per heavy atom. The average Bonchev–Trinajstić information content (AvgIpc) is 2.87. The molecule has 104 valence electrons. The average molecular weight is 269 g/mol. The maximum atomic E-state index is 4.40. The maximum Gasteiger partial charge on any atom is 0.223 e. The van der Waals surface area contributed by atoms with Crippen molar-refractivity contribution in [2.24, 2.45) is 0 Å². The molecule has 0 radical (unpaired) electrons. The number of likely N-dealkylation sites (tertiary alicyclic amines) is 1. The molecule has 1 saturated heterocycles. The van der Waals surface area contributed by atoms with Crippen molar-refractivity contribution in [1.29, 1.82) is 0 Å². The van der Waals surface area contributed by atoms with Gasteiger partial charge in [0.2, 0.25) is 5.95 Å². The van der Waals surface area contributed by atoms with Crippen molar-refractivity contribution >= 4 is 5.95 Å². The van der Waals surface area contributed by atoms with Crippen LogP contribution in [0.25, 0.3) is 0 Å². The highest BCUT2D eigenvalue weighted by Crippen LogP contribution is 2.15. The number of nitrogens with zero attached hydrogens (tertiary/aromatic N) is 4. The molecule has 0 saturated carbocycles. The Morgan fingerprint density at radius 3 is 2.90 bits per heavy atom. The summed E-state index contributed by atoms with van der Waals surface area (Å²) in [4.78, 5) is 15.2. The van der Waals surface area contributed by atoms with Gasteiger partial charge in [-0.3, -0.25) is 9.88 Å². The predicted molar refractivity (Wildman–Crippen MR) is 78.3 cm³/mol. The van der Waals surface area contributed by atoms with Gasteiger partial charge in [-0.1, -0.05) is 0 Å². The maximum absolute atomic E-state index is 4.40. The molecule has 0 aromatic carbocycles. The predicted octanol–water partition coefficient (Wildman–Crippen LogP) is 1.87. The van der Waals surface area contributed by atoms with Gasteiger partial charge in [-0.2, -0.15) is 0 Å². The van der Waals surface area contributed by atoms with Crippen LogP contribution in [0.3, 0.4) is 0 Å². The molecular formula is C15H19N5. The Hall–Kier alpha value is -2.01. The minimum atomic E-state index is 0.429. The molecule has 5 heteroatoms. The molecular weight excluding hydrogens is 250 g/mol. The number of aryl methyl sites for hydroxylation is 1. The second kappa shape index (κ2) is 5.96. The molecule has 0 bridgehead atoms. The molecule has 1 N–H and O–H groups in total. The van der Waals surface area contributed by atoms with E-state index in [0.29, 0.717) is 6.04 Å². The lowest BCUT2D eigenvalue weighted by Gasteiger charge is -2.16. The lowest BCUT2D eigenvalue weighted by Crippen LogP contribution is -2.26. The molecule has 1 atom stereocenters. The van der Waals surface area contributed by atoms with Gasteiger partial charge < -0.3 is 5.32 Å². The summed E-state index contributed by atoms with van der Waals surface area (Å²) in [6.45, 7) is 5.10. The zero-order valence-electron chi connectivity index (χ0n) is 11.7. The third kappa shape index (κ3) is 3.30. The molecule has 20 heavy (non-hydrogen) atoms. The van der Waals surface area contributed by atoms with Crippen LogP contribution in [0.1, 0.15) is 17.7 Å². The Balaban J connectivity index is 1.54. The van der Waals surface area contributed by atoms with Crippen LogP contribution >= 0.6 is 0 Å². The van der Waals surface area contributed by atoms with Crippen molar-refractivity contribution in [3.63, 3.8) is 0 Å². The summed E-state index contributed by atoms with van der Waals surface area (Å²) in [7, 11) is 0. The van der Waals surface area contributed by atoms with E-state index in [2.05, 4.69) is 37.3 Å². The van der Waals surface area contributed by atoms with E-state index >= 15 is 0 Å². The van der Waals surface area contributed by atoms with Crippen molar-refractivity contribution < 1.29 is 0 Å². The Bertz CT molecular complexity index is 557. The Labute approximate surface area is 119 Å². The van der Waals surface area contributed by atoms with E-state index < -0.39 is 0 Å². The van der Waals surface area contributed by atoms with Crippen LogP contribution in [-0.4, -0.2) is 39.0 Å². The molecule has 0 spiro atoms. The molecule has 1 aliphatic heterocycles. The quantitative estimate of drug-likeness (QED) is 0.918. The number of hydrogen-bond donors (Lipinski definition) is 1. The minimum Gasteiger partial charge on any atom is -0.350 e. The van der Waals surface area contributed by atoms with Crippen molar-refractivity contribution in [1.82, 2.24) is 19.9 Å². The third-order valence-corrected chi connectivity index (χ3v) is 3.56. The van der Waals surface area contributed by atoms with Gasteiger partial charge in [-0.25, -0.2) is 9.97 Å². The summed E-state index contributed by atoms with van der Waals surface area (Å²) < 4.78 is 0. The van der Waals surface area contributed by atoms with E-state index in [1.807, 2.05) is 25.4 Å². The summed E-state index contributed by atoms with van der Waals surface area (Å²) >= 11 is 0. The van der Waals surface area contributed by atoms with Crippen LogP contribution in [-0.2, 0) is 6.54 Å². The molecule has 2 aromatic heterocycles. The summed E-state index contributed by atoms with van der Waals surface area (Å²) in [5, 5.41) is 3.42. The van der Waals surface area contributed by atoms with Crippen LogP contribution < -0.4 is 5.32 Å². The third-order valence-electron chi connectivity index (χ3n) is 3.56. The van der Waals surface area contributed by atoms with E-state index in [1.165, 1.54) is 5.56 Å². The zero-order valence-corrected chi connectivity index (χ0v) is 11.7. The molecule has 3 rings (SSSR count). The highest BCUT2D eigenvalue weighted by molar-refractivity contribution is 5.27. The second-order valence-electron chi connectivity index (χ2n) is 5.24. The molecule has 1 unspecified atom stereocenters. The standard InChI is InChI=1S/C15H19N5/c1-12-2-8-17-15(18-12)19-14-5-9-20(11-14)10-13-3-6-16-7-4-13/h2-4,6-8,14H,5,9-11H2,1H3,(H,17,18,19). The number of pyridine rings is 1. The first kappa shape index (κ1) is 13.0. The van der Waals surface area contributed by atoms with Crippen LogP contribution in [0, 0.1) is 6.92 Å². The van der Waals surface area contributed by atoms with Gasteiger partial charge in [0.1, 0.15) is 0 Å². The van der Waals surface area contributed by atoms with Gasteiger partial charge in [0.25, 0.3) is 0 Å². The summed E-state index contributed by atoms with van der Waals surface area (Å²) in [5.41, 5.74) is 2.31. The molecule has 3 heterocycles. The zero-order chi connectivity index (χ0) is 13.8. The number of anilines is 1. The Kier molecular flexibility index (Phi) is 3.87. The highest BCUT2D eigenvalue weighted by Gasteiger charge is 2.22. The topological polar surface area (TPSA) is 53.9 Å². The smallest absolute Gasteiger partial charge is 0.223 e. The lowest BCUT2D eigenvalue weighted by atomic mass is 10.2. The highest BCUT2D eigenvalue weighted by atomic mass is 15.2. The summed E-state index contributed by atoms with van der Waals surface area (Å²) in [5.74, 6) is 0.737. The van der Waals surface area contributed by atoms with Gasteiger partial charge in [0.05, 0.1) is 0 Å². The number of aromatic nitrogens is 3. The minimum absolute atomic E-state index is 0.429. The van der Waals surface area contributed by atoms with Gasteiger partial charge >= 0.3 is 0 Å². The van der Waals surface area contributed by atoms with Crippen molar-refractivity contribution in [3.05, 3.63) is 48.0 Å². The molecule has 0 amide bonds. The molecule has 1 fully saturated rings. The van der Waals surface area contributed by atoms with E-state index in [0.717, 1.165) is 37.7 Å². The van der Waals surface area contributed by atoms with Crippen LogP contribution in [0.15, 0.2) is 36.8 Å². The van der Waals surface area contributed by atoms with Crippen LogP contribution in [0.2, 0.25) is 0 Å². The first-order valence-electron chi connectivity index (χ1n) is 6.97. The number of rotatable bonds is 4. The fourth-order valence-corrected chi connectivity index (χ4v) is 2.54. The first-order valence-corrected chi connectivity index (χ1v) is 6.97. The Morgan fingerprint density at radius 1 is 1.25 bits per heavy atom. The van der Waals surface area contributed by atoms with Gasteiger partial charge in [-0.05, 0) is 37.1 Å². The van der Waals surface area contributed by atoms with Gasteiger partial charge in [0.15, 0.2) is 0 Å². The molecule has 5 nitrogen and oxygen atoms in total. The van der Waals surface area contributed by atoms with Crippen LogP contribution in [0.4, 0.5) is 5.95 Å². The van der Waals surface area contributed by atoms with E-state index in [-0.39, 0.29) is 0 Å². The summed E-state index contributed by atoms with van der Waals surface area (Å²) in [6.07, 6.45) is 6.63. The van der Waals surface area contributed by atoms with Crippen molar-refractivity contribution in [2.75, 3.05) is 18.4 Å². The van der Waals surface area contributed by atoms with E-state index in [4.69, 9.17) is 0 Å². The molecule has 1 aliphatic rings. The molecule has 2 aromatic rings. The molecule has 0 aliphatic carbocycles. The van der Waals surface area contributed by atoms with Crippen LogP contribution in [0.5, 0.6) is 0 Å². The number of hydrogen-bond acceptors (Lipinski definition) is 5. The second-order valence-corrected chi connectivity index (χ2v) is 5.24. The fourth-order valence-electron chi connectivity index (χ4n) is 2.54. The summed E-state index contributed by atoms with van der Waals surface area (Å²) in [6, 6.07) is 6.49. The van der Waals surface area contributed by atoms with Crippen molar-refractivity contribution in [3.8, 4) is 0 Å². The van der Waals surface area contributed by atoms with Crippen molar-refractivity contribution in [2.45, 2.75) is 25.9 Å². The fraction of sp³-hybridized carbons (Fsp3) is 0.400. The largest absolute Gasteiger partial charge is 0.350 e. The lowest BCUT2D eigenvalue weighted by molar-refractivity contribution is 0.328. The van der Waals surface area contributed by atoms with E-state index in [9.17, 15) is 0 Å². The first-order chi connectivity index (χ1) is 9.79. The monoisotopic (exact) mass is 269 g/mol. The normalized spacial score (nSPS) is 19.1. The SMILES string of the molecule is Cc1ccnc(NC2CCN(Cc3ccncc3)C2)n1.